The molecule has 1 aromatic carbocycles. The van der Waals surface area contributed by atoms with Gasteiger partial charge in [-0.15, -0.1) is 0 Å². The van der Waals surface area contributed by atoms with Crippen LogP contribution in [-0.4, -0.2) is 44.5 Å². The van der Waals surface area contributed by atoms with Crippen molar-refractivity contribution in [2.75, 3.05) is 38.6 Å². The Kier molecular flexibility index (Phi) is 6.82. The molecule has 5 heteroatoms. The van der Waals surface area contributed by atoms with Crippen LogP contribution in [0.1, 0.15) is 19.4 Å². The maximum atomic E-state index is 12.1. The van der Waals surface area contributed by atoms with Gasteiger partial charge in [-0.25, -0.2) is 0 Å². The first-order valence-corrected chi connectivity index (χ1v) is 7.33. The normalized spacial score (nSPS) is 10.4. The van der Waals surface area contributed by atoms with Crippen molar-refractivity contribution in [2.45, 2.75) is 20.4 Å². The van der Waals surface area contributed by atoms with Crippen LogP contribution in [0.15, 0.2) is 18.2 Å². The van der Waals surface area contributed by atoms with Crippen LogP contribution in [0.25, 0.3) is 0 Å². The number of hydrogen-bond acceptors (Lipinski definition) is 3. The number of carbonyl (C=O) groups excluding carboxylic acids is 1. The molecule has 0 heterocycles. The van der Waals surface area contributed by atoms with Gasteiger partial charge in [-0.05, 0) is 38.6 Å². The van der Waals surface area contributed by atoms with Gasteiger partial charge in [0.2, 0.25) is 5.91 Å². The number of rotatable bonds is 7. The molecule has 4 nitrogen and oxygen atoms in total. The summed E-state index contributed by atoms with van der Waals surface area (Å²) in [6.45, 7) is 6.57. The van der Waals surface area contributed by atoms with Crippen molar-refractivity contribution in [1.29, 1.82) is 0 Å². The highest BCUT2D eigenvalue weighted by molar-refractivity contribution is 6.31. The van der Waals surface area contributed by atoms with Crippen LogP contribution in [0.4, 0.5) is 5.69 Å². The number of benzene rings is 1. The standard InChI is InChI=1S/C15H24ClN3O/c1-5-19(6-2)15(20)11-18(4)13-8-7-12(10-17-3)14(16)9-13/h7-9,17H,5-6,10-11H2,1-4H3. The number of hydrogen-bond donors (Lipinski definition) is 1. The molecule has 0 saturated heterocycles. The van der Waals surface area contributed by atoms with Gasteiger partial charge in [0.05, 0.1) is 6.54 Å². The second kappa shape index (κ2) is 8.12. The zero-order valence-corrected chi connectivity index (χ0v) is 13.5. The molecule has 0 aromatic heterocycles. The quantitative estimate of drug-likeness (QED) is 0.839. The van der Waals surface area contributed by atoms with Gasteiger partial charge in [0, 0.05) is 37.4 Å². The lowest BCUT2D eigenvalue weighted by Crippen LogP contribution is -2.38. The molecule has 1 aromatic rings. The molecule has 1 N–H and O–H groups in total. The minimum atomic E-state index is 0.132. The maximum absolute atomic E-state index is 12.1. The number of carbonyl (C=O) groups is 1. The van der Waals surface area contributed by atoms with Gasteiger partial charge in [0.15, 0.2) is 0 Å². The van der Waals surface area contributed by atoms with Crippen molar-refractivity contribution >= 4 is 23.2 Å². The van der Waals surface area contributed by atoms with Crippen molar-refractivity contribution in [3.63, 3.8) is 0 Å². The highest BCUT2D eigenvalue weighted by Crippen LogP contribution is 2.23. The Bertz CT molecular complexity index is 447. The summed E-state index contributed by atoms with van der Waals surface area (Å²) in [5.41, 5.74) is 2.01. The lowest BCUT2D eigenvalue weighted by molar-refractivity contribution is -0.129. The van der Waals surface area contributed by atoms with Crippen molar-refractivity contribution in [1.82, 2.24) is 10.2 Å². The molecule has 0 bridgehead atoms. The van der Waals surface area contributed by atoms with Gasteiger partial charge in [-0.1, -0.05) is 17.7 Å². The van der Waals surface area contributed by atoms with Gasteiger partial charge in [-0.2, -0.15) is 0 Å². The van der Waals surface area contributed by atoms with E-state index in [1.54, 1.807) is 0 Å². The lowest BCUT2D eigenvalue weighted by atomic mass is 10.2. The van der Waals surface area contributed by atoms with E-state index in [0.717, 1.165) is 35.9 Å². The fourth-order valence-electron chi connectivity index (χ4n) is 2.08. The predicted octanol–water partition coefficient (Wildman–Crippen LogP) is 2.36. The molecule has 1 rings (SSSR count). The topological polar surface area (TPSA) is 35.6 Å². The van der Waals surface area contributed by atoms with E-state index in [1.807, 2.05) is 55.9 Å². The molecule has 0 aliphatic heterocycles. The zero-order valence-electron chi connectivity index (χ0n) is 12.7. The molecule has 1 amide bonds. The Morgan fingerprint density at radius 1 is 1.30 bits per heavy atom. The Hall–Kier alpha value is -1.26. The van der Waals surface area contributed by atoms with Crippen molar-refractivity contribution in [3.05, 3.63) is 28.8 Å². The lowest BCUT2D eigenvalue weighted by Gasteiger charge is -2.24. The maximum Gasteiger partial charge on any atom is 0.242 e. The average molecular weight is 298 g/mol. The largest absolute Gasteiger partial charge is 0.365 e. The second-order valence-corrected chi connectivity index (χ2v) is 5.14. The summed E-state index contributed by atoms with van der Waals surface area (Å²) in [4.78, 5) is 15.8. The van der Waals surface area contributed by atoms with E-state index in [1.165, 1.54) is 0 Å². The Labute approximate surface area is 126 Å². The fraction of sp³-hybridized carbons (Fsp3) is 0.533. The number of likely N-dealkylation sites (N-methyl/N-ethyl adjacent to an activating group) is 2. The number of anilines is 1. The summed E-state index contributed by atoms with van der Waals surface area (Å²) in [5, 5.41) is 3.80. The molecule has 20 heavy (non-hydrogen) atoms. The molecular weight excluding hydrogens is 274 g/mol. The Morgan fingerprint density at radius 3 is 2.45 bits per heavy atom. The third kappa shape index (κ3) is 4.39. The highest BCUT2D eigenvalue weighted by Gasteiger charge is 2.13. The van der Waals surface area contributed by atoms with Crippen LogP contribution in [0.3, 0.4) is 0 Å². The summed E-state index contributed by atoms with van der Waals surface area (Å²) in [6, 6.07) is 5.89. The summed E-state index contributed by atoms with van der Waals surface area (Å²) in [7, 11) is 3.80. The highest BCUT2D eigenvalue weighted by atomic mass is 35.5. The van der Waals surface area contributed by atoms with E-state index in [4.69, 9.17) is 11.6 Å². The van der Waals surface area contributed by atoms with Crippen LogP contribution in [0, 0.1) is 0 Å². The minimum Gasteiger partial charge on any atom is -0.365 e. The molecule has 0 fully saturated rings. The SMILES string of the molecule is CCN(CC)C(=O)CN(C)c1ccc(CNC)c(Cl)c1. The Balaban J connectivity index is 2.75. The van der Waals surface area contributed by atoms with E-state index in [9.17, 15) is 4.79 Å². The molecule has 0 atom stereocenters. The van der Waals surface area contributed by atoms with Crippen LogP contribution in [0.5, 0.6) is 0 Å². The molecule has 0 aliphatic carbocycles. The molecule has 0 radical (unpaired) electrons. The molecule has 0 unspecified atom stereocenters. The van der Waals surface area contributed by atoms with Crippen LogP contribution >= 0.6 is 11.6 Å². The van der Waals surface area contributed by atoms with Gasteiger partial charge in [0.1, 0.15) is 0 Å². The fourth-order valence-corrected chi connectivity index (χ4v) is 2.32. The molecule has 0 aliphatic rings. The third-order valence-corrected chi connectivity index (χ3v) is 3.69. The van der Waals surface area contributed by atoms with Crippen LogP contribution in [-0.2, 0) is 11.3 Å². The van der Waals surface area contributed by atoms with E-state index in [-0.39, 0.29) is 5.91 Å². The van der Waals surface area contributed by atoms with Gasteiger partial charge >= 0.3 is 0 Å². The van der Waals surface area contributed by atoms with Crippen molar-refractivity contribution in [2.24, 2.45) is 0 Å². The van der Waals surface area contributed by atoms with Gasteiger partial charge in [0.25, 0.3) is 0 Å². The molecule has 0 spiro atoms. The summed E-state index contributed by atoms with van der Waals surface area (Å²) in [5.74, 6) is 0.132. The average Bonchev–Trinajstić information content (AvgIpc) is 2.42. The van der Waals surface area contributed by atoms with Crippen LogP contribution in [0.2, 0.25) is 5.02 Å². The zero-order chi connectivity index (χ0) is 15.1. The molecule has 0 saturated carbocycles. The minimum absolute atomic E-state index is 0.132. The number of nitrogens with one attached hydrogen (secondary N) is 1. The first kappa shape index (κ1) is 16.8. The Morgan fingerprint density at radius 2 is 1.95 bits per heavy atom. The van der Waals surface area contributed by atoms with E-state index < -0.39 is 0 Å². The first-order valence-electron chi connectivity index (χ1n) is 6.95. The van der Waals surface area contributed by atoms with Crippen molar-refractivity contribution < 1.29 is 4.79 Å². The van der Waals surface area contributed by atoms with Crippen molar-refractivity contribution in [3.8, 4) is 0 Å². The predicted molar refractivity (Wildman–Crippen MR) is 85.4 cm³/mol. The number of nitrogens with zero attached hydrogens (tertiary/aromatic N) is 2. The number of amides is 1. The molecular formula is C15H24ClN3O. The van der Waals surface area contributed by atoms with E-state index in [2.05, 4.69) is 5.32 Å². The first-order chi connectivity index (χ1) is 9.53. The van der Waals surface area contributed by atoms with Crippen LogP contribution < -0.4 is 10.2 Å². The number of halogens is 1. The van der Waals surface area contributed by atoms with Gasteiger partial charge in [-0.3, -0.25) is 4.79 Å². The molecule has 112 valence electrons. The second-order valence-electron chi connectivity index (χ2n) is 4.73. The van der Waals surface area contributed by atoms with E-state index >= 15 is 0 Å². The monoisotopic (exact) mass is 297 g/mol. The van der Waals surface area contributed by atoms with Gasteiger partial charge < -0.3 is 15.1 Å². The summed E-state index contributed by atoms with van der Waals surface area (Å²) < 4.78 is 0. The summed E-state index contributed by atoms with van der Waals surface area (Å²) >= 11 is 6.24. The smallest absolute Gasteiger partial charge is 0.242 e. The third-order valence-electron chi connectivity index (χ3n) is 3.33. The van der Waals surface area contributed by atoms with E-state index in [0.29, 0.717) is 6.54 Å². The summed E-state index contributed by atoms with van der Waals surface area (Å²) in [6.07, 6.45) is 0.